The number of amides is 2. The first-order valence-corrected chi connectivity index (χ1v) is 12.4. The molecule has 0 saturated heterocycles. The first-order chi connectivity index (χ1) is 16.4. The van der Waals surface area contributed by atoms with E-state index in [2.05, 4.69) is 36.8 Å². The second kappa shape index (κ2) is 12.2. The third-order valence-electron chi connectivity index (χ3n) is 4.75. The molecule has 0 aliphatic carbocycles. The van der Waals surface area contributed by atoms with Gasteiger partial charge < -0.3 is 25.0 Å². The van der Waals surface area contributed by atoms with Crippen molar-refractivity contribution in [1.82, 2.24) is 20.1 Å². The van der Waals surface area contributed by atoms with Crippen molar-refractivity contribution in [3.63, 3.8) is 0 Å². The number of aromatic nitrogens is 3. The van der Waals surface area contributed by atoms with Crippen LogP contribution >= 0.6 is 39.3 Å². The molecule has 1 heterocycles. The predicted molar refractivity (Wildman–Crippen MR) is 134 cm³/mol. The van der Waals surface area contributed by atoms with E-state index in [-0.39, 0.29) is 24.2 Å². The summed E-state index contributed by atoms with van der Waals surface area (Å²) < 4.78 is 7.60. The topological polar surface area (TPSA) is 118 Å². The number of nitrogens with one attached hydrogen (secondary N) is 2. The van der Waals surface area contributed by atoms with E-state index in [0.717, 1.165) is 4.47 Å². The second-order valence-corrected chi connectivity index (χ2v) is 9.19. The summed E-state index contributed by atoms with van der Waals surface area (Å²) in [4.78, 5) is 25.0. The van der Waals surface area contributed by atoms with Crippen LogP contribution in [0.5, 0.6) is 5.75 Å². The number of nitrogens with zero attached hydrogens (tertiary/aromatic N) is 3. The van der Waals surface area contributed by atoms with Gasteiger partial charge in [-0.15, -0.1) is 10.2 Å². The fraction of sp³-hybridized carbons (Fsp3) is 0.273. The van der Waals surface area contributed by atoms with Crippen LogP contribution in [0, 0.1) is 0 Å². The molecule has 12 heteroatoms. The number of anilines is 1. The van der Waals surface area contributed by atoms with Crippen LogP contribution in [-0.4, -0.2) is 51.2 Å². The van der Waals surface area contributed by atoms with Crippen molar-refractivity contribution in [2.24, 2.45) is 0 Å². The van der Waals surface area contributed by atoms with Gasteiger partial charge in [0.2, 0.25) is 5.91 Å². The van der Waals surface area contributed by atoms with E-state index in [1.807, 2.05) is 6.92 Å². The Labute approximate surface area is 214 Å². The van der Waals surface area contributed by atoms with E-state index in [0.29, 0.717) is 39.5 Å². The van der Waals surface area contributed by atoms with Gasteiger partial charge in [-0.05, 0) is 65.3 Å². The number of carbonyl (C=O) groups excluding carboxylic acids is 2. The van der Waals surface area contributed by atoms with Gasteiger partial charge in [0, 0.05) is 22.3 Å². The summed E-state index contributed by atoms with van der Waals surface area (Å²) in [5.74, 6) is 0.522. The van der Waals surface area contributed by atoms with Gasteiger partial charge in [0.05, 0.1) is 24.5 Å². The Bertz CT molecular complexity index is 1160. The van der Waals surface area contributed by atoms with Gasteiger partial charge in [0.15, 0.2) is 11.0 Å². The lowest BCUT2D eigenvalue weighted by Crippen LogP contribution is -2.32. The van der Waals surface area contributed by atoms with Gasteiger partial charge in [-0.1, -0.05) is 23.4 Å². The number of carbonyl (C=O) groups is 2. The number of aliphatic hydroxyl groups is 1. The van der Waals surface area contributed by atoms with Crippen LogP contribution in [0.1, 0.15) is 29.1 Å². The first-order valence-electron chi connectivity index (χ1n) is 10.2. The maximum atomic E-state index is 12.6. The largest absolute Gasteiger partial charge is 0.497 e. The van der Waals surface area contributed by atoms with E-state index < -0.39 is 6.04 Å². The fourth-order valence-electron chi connectivity index (χ4n) is 3.04. The van der Waals surface area contributed by atoms with E-state index in [9.17, 15) is 14.7 Å². The Morgan fingerprint density at radius 3 is 2.59 bits per heavy atom. The molecule has 2 amide bonds. The summed E-state index contributed by atoms with van der Waals surface area (Å²) >= 11 is 10.6. The van der Waals surface area contributed by atoms with Gasteiger partial charge in [-0.3, -0.25) is 9.59 Å². The Hall–Kier alpha value is -2.60. The highest BCUT2D eigenvalue weighted by molar-refractivity contribution is 9.10. The highest BCUT2D eigenvalue weighted by Crippen LogP contribution is 2.26. The molecule has 2 aromatic carbocycles. The van der Waals surface area contributed by atoms with Gasteiger partial charge >= 0.3 is 0 Å². The Morgan fingerprint density at radius 2 is 1.97 bits per heavy atom. The maximum Gasteiger partial charge on any atom is 0.251 e. The number of hydrogen-bond donors (Lipinski definition) is 3. The molecule has 0 saturated carbocycles. The molecule has 0 aliphatic rings. The minimum atomic E-state index is -0.768. The lowest BCUT2D eigenvalue weighted by molar-refractivity contribution is -0.113. The minimum Gasteiger partial charge on any atom is -0.497 e. The van der Waals surface area contributed by atoms with Crippen molar-refractivity contribution < 1.29 is 19.4 Å². The highest BCUT2D eigenvalue weighted by Gasteiger charge is 2.23. The molecular formula is C22H23BrClN5O4S. The molecule has 0 unspecified atom stereocenters. The van der Waals surface area contributed by atoms with E-state index in [1.54, 1.807) is 54.1 Å². The maximum absolute atomic E-state index is 12.6. The average molecular weight is 569 g/mol. The van der Waals surface area contributed by atoms with Crippen molar-refractivity contribution in [1.29, 1.82) is 0 Å². The number of thioether (sulfide) groups is 1. The molecule has 3 N–H and O–H groups in total. The second-order valence-electron chi connectivity index (χ2n) is 6.99. The Balaban J connectivity index is 1.65. The third-order valence-corrected chi connectivity index (χ3v) is 6.95. The number of ether oxygens (including phenoxy) is 1. The highest BCUT2D eigenvalue weighted by atomic mass is 79.9. The zero-order valence-corrected chi connectivity index (χ0v) is 21.6. The lowest BCUT2D eigenvalue weighted by atomic mass is 10.2. The molecule has 3 rings (SSSR count). The average Bonchev–Trinajstić information content (AvgIpc) is 3.26. The van der Waals surface area contributed by atoms with E-state index in [4.69, 9.17) is 16.3 Å². The van der Waals surface area contributed by atoms with Crippen LogP contribution in [0.2, 0.25) is 5.02 Å². The van der Waals surface area contributed by atoms with Crippen LogP contribution in [0.25, 0.3) is 0 Å². The fourth-order valence-corrected chi connectivity index (χ4v) is 4.28. The quantitative estimate of drug-likeness (QED) is 0.317. The SMILES string of the molecule is CCn1c(SCC(=O)Nc2ccc(Br)c(Cl)c2)nnc1[C@@H](CO)NC(=O)c1ccc(OC)cc1. The van der Waals surface area contributed by atoms with Crippen LogP contribution in [0.4, 0.5) is 5.69 Å². The molecule has 9 nitrogen and oxygen atoms in total. The zero-order chi connectivity index (χ0) is 24.7. The molecule has 1 aromatic heterocycles. The molecular weight excluding hydrogens is 546 g/mol. The molecule has 0 bridgehead atoms. The minimum absolute atomic E-state index is 0.0911. The smallest absolute Gasteiger partial charge is 0.251 e. The van der Waals surface area contributed by atoms with Crippen molar-refractivity contribution in [2.45, 2.75) is 24.7 Å². The molecule has 0 fully saturated rings. The van der Waals surface area contributed by atoms with E-state index in [1.165, 1.54) is 11.8 Å². The third kappa shape index (κ3) is 6.50. The molecule has 180 valence electrons. The molecule has 34 heavy (non-hydrogen) atoms. The van der Waals surface area contributed by atoms with E-state index >= 15 is 0 Å². The van der Waals surface area contributed by atoms with Crippen molar-refractivity contribution in [3.05, 3.63) is 63.3 Å². The molecule has 0 spiro atoms. The first kappa shape index (κ1) is 26.0. The van der Waals surface area contributed by atoms with Crippen LogP contribution in [0.15, 0.2) is 52.1 Å². The van der Waals surface area contributed by atoms with Gasteiger partial charge in [-0.25, -0.2) is 0 Å². The molecule has 0 radical (unpaired) electrons. The van der Waals surface area contributed by atoms with Crippen molar-refractivity contribution in [2.75, 3.05) is 24.8 Å². The Kier molecular flexibility index (Phi) is 9.34. The number of rotatable bonds is 10. The summed E-state index contributed by atoms with van der Waals surface area (Å²) in [6, 6.07) is 11.0. The lowest BCUT2D eigenvalue weighted by Gasteiger charge is -2.17. The zero-order valence-electron chi connectivity index (χ0n) is 18.4. The molecule has 0 aliphatic heterocycles. The standard InChI is InChI=1S/C22H23BrClN5O4S/c1-3-29-20(18(11-30)26-21(32)13-4-7-15(33-2)8-5-13)27-28-22(29)34-12-19(31)25-14-6-9-16(23)17(24)10-14/h4-10,18,30H,3,11-12H2,1-2H3,(H,25,31)(H,26,32)/t18-/m1/s1. The predicted octanol–water partition coefficient (Wildman–Crippen LogP) is 3.92. The number of halogens is 2. The van der Waals surface area contributed by atoms with Crippen molar-refractivity contribution in [3.8, 4) is 5.75 Å². The molecule has 1 atom stereocenters. The van der Waals surface area contributed by atoms with Crippen molar-refractivity contribution >= 4 is 56.8 Å². The van der Waals surface area contributed by atoms with Gasteiger partial charge in [0.25, 0.3) is 5.91 Å². The summed E-state index contributed by atoms with van der Waals surface area (Å²) in [6.07, 6.45) is 0. The molecule has 3 aromatic rings. The van der Waals surface area contributed by atoms with Crippen LogP contribution in [0.3, 0.4) is 0 Å². The summed E-state index contributed by atoms with van der Waals surface area (Å²) in [7, 11) is 1.55. The summed E-state index contributed by atoms with van der Waals surface area (Å²) in [5, 5.41) is 24.8. The van der Waals surface area contributed by atoms with Crippen LogP contribution in [-0.2, 0) is 11.3 Å². The normalized spacial score (nSPS) is 11.7. The van der Waals surface area contributed by atoms with Crippen LogP contribution < -0.4 is 15.4 Å². The Morgan fingerprint density at radius 1 is 1.24 bits per heavy atom. The van der Waals surface area contributed by atoms with Gasteiger partial charge in [-0.2, -0.15) is 0 Å². The number of aliphatic hydroxyl groups excluding tert-OH is 1. The summed E-state index contributed by atoms with van der Waals surface area (Å²) in [5.41, 5.74) is 0.999. The number of benzene rings is 2. The summed E-state index contributed by atoms with van der Waals surface area (Å²) in [6.45, 7) is 2.01. The number of hydrogen-bond acceptors (Lipinski definition) is 7. The number of methoxy groups -OCH3 is 1. The van der Waals surface area contributed by atoms with Gasteiger partial charge in [0.1, 0.15) is 11.8 Å². The monoisotopic (exact) mass is 567 g/mol.